The van der Waals surface area contributed by atoms with E-state index in [1.165, 1.54) is 17.8 Å². The van der Waals surface area contributed by atoms with Gasteiger partial charge in [0.2, 0.25) is 0 Å². The Bertz CT molecular complexity index is 891. The molecule has 144 valence electrons. The van der Waals surface area contributed by atoms with E-state index in [1.807, 2.05) is 7.05 Å². The third-order valence-electron chi connectivity index (χ3n) is 5.32. The van der Waals surface area contributed by atoms with E-state index in [-0.39, 0.29) is 16.8 Å². The molecule has 0 heterocycles. The van der Waals surface area contributed by atoms with Crippen molar-refractivity contribution in [2.75, 3.05) is 18.4 Å². The molecule has 0 unspecified atom stereocenters. The maximum atomic E-state index is 13.1. The van der Waals surface area contributed by atoms with E-state index in [1.54, 1.807) is 59.5 Å². The molecule has 0 N–H and O–H groups in total. The summed E-state index contributed by atoms with van der Waals surface area (Å²) in [4.78, 5) is 15.1. The molecule has 0 radical (unpaired) electrons. The third kappa shape index (κ3) is 4.00. The van der Waals surface area contributed by atoms with Crippen molar-refractivity contribution in [2.45, 2.75) is 43.0 Å². The summed E-state index contributed by atoms with van der Waals surface area (Å²) < 4.78 is 27.2. The maximum absolute atomic E-state index is 13.1. The van der Waals surface area contributed by atoms with Gasteiger partial charge in [-0.3, -0.25) is 9.10 Å². The third-order valence-corrected chi connectivity index (χ3v) is 7.10. The highest BCUT2D eigenvalue weighted by molar-refractivity contribution is 7.92. The minimum Gasteiger partial charge on any atom is -0.339 e. The summed E-state index contributed by atoms with van der Waals surface area (Å²) in [6.07, 6.45) is 5.48. The van der Waals surface area contributed by atoms with Crippen molar-refractivity contribution in [2.24, 2.45) is 0 Å². The molecule has 1 fully saturated rings. The van der Waals surface area contributed by atoms with Gasteiger partial charge in [0.25, 0.3) is 15.9 Å². The van der Waals surface area contributed by atoms with Crippen LogP contribution >= 0.6 is 0 Å². The van der Waals surface area contributed by atoms with Crippen molar-refractivity contribution in [3.05, 3.63) is 60.2 Å². The van der Waals surface area contributed by atoms with Crippen LogP contribution in [-0.4, -0.2) is 39.4 Å². The maximum Gasteiger partial charge on any atom is 0.264 e. The zero-order valence-corrected chi connectivity index (χ0v) is 16.7. The molecule has 6 heteroatoms. The highest BCUT2D eigenvalue weighted by Gasteiger charge is 2.28. The van der Waals surface area contributed by atoms with E-state index in [4.69, 9.17) is 0 Å². The number of benzene rings is 2. The summed E-state index contributed by atoms with van der Waals surface area (Å²) in [6, 6.07) is 15.4. The number of anilines is 1. The molecule has 0 saturated heterocycles. The molecule has 1 aliphatic rings. The van der Waals surface area contributed by atoms with E-state index in [9.17, 15) is 13.2 Å². The van der Waals surface area contributed by atoms with Gasteiger partial charge in [0.15, 0.2) is 0 Å². The van der Waals surface area contributed by atoms with Crippen molar-refractivity contribution >= 4 is 21.6 Å². The Balaban J connectivity index is 1.92. The number of sulfonamides is 1. The molecule has 3 rings (SSSR count). The van der Waals surface area contributed by atoms with Gasteiger partial charge >= 0.3 is 0 Å². The van der Waals surface area contributed by atoms with Gasteiger partial charge in [-0.1, -0.05) is 49.6 Å². The molecule has 1 amide bonds. The fourth-order valence-corrected chi connectivity index (χ4v) is 4.87. The Kier molecular flexibility index (Phi) is 5.85. The second kappa shape index (κ2) is 8.13. The van der Waals surface area contributed by atoms with Crippen molar-refractivity contribution in [1.29, 1.82) is 0 Å². The smallest absolute Gasteiger partial charge is 0.264 e. The lowest BCUT2D eigenvalue weighted by atomic mass is 9.94. The fraction of sp³-hybridized carbons (Fsp3) is 0.381. The quantitative estimate of drug-likeness (QED) is 0.783. The second-order valence-electron chi connectivity index (χ2n) is 7.01. The number of carbonyl (C=O) groups excluding carboxylic acids is 1. The number of para-hydroxylation sites is 1. The highest BCUT2D eigenvalue weighted by atomic mass is 32.2. The Morgan fingerprint density at radius 3 is 2.15 bits per heavy atom. The zero-order valence-electron chi connectivity index (χ0n) is 15.8. The van der Waals surface area contributed by atoms with Crippen LogP contribution in [-0.2, 0) is 10.0 Å². The SMILES string of the molecule is CN(C(=O)c1ccccc1N(C)S(=O)(=O)c1ccccc1)C1CCCCC1. The molecular formula is C21H26N2O3S. The van der Waals surface area contributed by atoms with Crippen LogP contribution in [0, 0.1) is 0 Å². The van der Waals surface area contributed by atoms with Crippen LogP contribution in [0.25, 0.3) is 0 Å². The average molecular weight is 387 g/mol. The summed E-state index contributed by atoms with van der Waals surface area (Å²) in [7, 11) is -0.421. The molecule has 1 saturated carbocycles. The predicted octanol–water partition coefficient (Wildman–Crippen LogP) is 3.92. The molecular weight excluding hydrogens is 360 g/mol. The molecule has 5 nitrogen and oxygen atoms in total. The van der Waals surface area contributed by atoms with Crippen LogP contribution in [0.15, 0.2) is 59.5 Å². The predicted molar refractivity (Wildman–Crippen MR) is 107 cm³/mol. The number of carbonyl (C=O) groups is 1. The Morgan fingerprint density at radius 2 is 1.48 bits per heavy atom. The number of hydrogen-bond acceptors (Lipinski definition) is 3. The molecule has 0 aromatic heterocycles. The zero-order chi connectivity index (χ0) is 19.4. The summed E-state index contributed by atoms with van der Waals surface area (Å²) in [6.45, 7) is 0. The number of hydrogen-bond donors (Lipinski definition) is 0. The Labute approximate surface area is 161 Å². The van der Waals surface area contributed by atoms with Gasteiger partial charge < -0.3 is 4.90 Å². The topological polar surface area (TPSA) is 57.7 Å². The average Bonchev–Trinajstić information content (AvgIpc) is 2.73. The van der Waals surface area contributed by atoms with Gasteiger partial charge in [-0.15, -0.1) is 0 Å². The van der Waals surface area contributed by atoms with E-state index in [0.717, 1.165) is 25.7 Å². The van der Waals surface area contributed by atoms with E-state index in [0.29, 0.717) is 11.3 Å². The monoisotopic (exact) mass is 386 g/mol. The highest BCUT2D eigenvalue weighted by Crippen LogP contribution is 2.28. The summed E-state index contributed by atoms with van der Waals surface area (Å²) in [5.41, 5.74) is 0.807. The van der Waals surface area contributed by atoms with E-state index in [2.05, 4.69) is 0 Å². The summed E-state index contributed by atoms with van der Waals surface area (Å²) >= 11 is 0. The van der Waals surface area contributed by atoms with Crippen molar-refractivity contribution in [1.82, 2.24) is 4.90 Å². The molecule has 2 aromatic carbocycles. The largest absolute Gasteiger partial charge is 0.339 e. The van der Waals surface area contributed by atoms with Crippen LogP contribution in [0.4, 0.5) is 5.69 Å². The molecule has 27 heavy (non-hydrogen) atoms. The Morgan fingerprint density at radius 1 is 0.889 bits per heavy atom. The van der Waals surface area contributed by atoms with Crippen LogP contribution in [0.5, 0.6) is 0 Å². The van der Waals surface area contributed by atoms with E-state index < -0.39 is 10.0 Å². The lowest BCUT2D eigenvalue weighted by Crippen LogP contribution is -2.39. The standard InChI is InChI=1S/C21H26N2O3S/c1-22(17-11-5-3-6-12-17)21(24)19-15-9-10-16-20(19)23(2)27(25,26)18-13-7-4-8-14-18/h4,7-10,13-17H,3,5-6,11-12H2,1-2H3. The van der Waals surface area contributed by atoms with Crippen molar-refractivity contribution in [3.63, 3.8) is 0 Å². The van der Waals surface area contributed by atoms with Crippen LogP contribution in [0.2, 0.25) is 0 Å². The molecule has 0 bridgehead atoms. The number of rotatable bonds is 5. The normalized spacial score (nSPS) is 15.3. The van der Waals surface area contributed by atoms with Crippen molar-refractivity contribution in [3.8, 4) is 0 Å². The minimum absolute atomic E-state index is 0.132. The van der Waals surface area contributed by atoms with Crippen LogP contribution in [0.3, 0.4) is 0 Å². The first-order chi connectivity index (χ1) is 12.9. The first-order valence-corrected chi connectivity index (χ1v) is 10.8. The summed E-state index contributed by atoms with van der Waals surface area (Å²) in [5.74, 6) is -0.132. The molecule has 0 spiro atoms. The van der Waals surface area contributed by atoms with Gasteiger partial charge in [-0.05, 0) is 37.1 Å². The lowest BCUT2D eigenvalue weighted by molar-refractivity contribution is 0.0697. The second-order valence-corrected chi connectivity index (χ2v) is 8.98. The van der Waals surface area contributed by atoms with Gasteiger partial charge in [0.1, 0.15) is 0 Å². The Hall–Kier alpha value is -2.34. The first kappa shape index (κ1) is 19.4. The minimum atomic E-state index is -3.74. The van der Waals surface area contributed by atoms with Crippen LogP contribution in [0.1, 0.15) is 42.5 Å². The number of amides is 1. The van der Waals surface area contributed by atoms with Crippen molar-refractivity contribution < 1.29 is 13.2 Å². The molecule has 0 atom stereocenters. The first-order valence-electron chi connectivity index (χ1n) is 9.33. The fourth-order valence-electron chi connectivity index (χ4n) is 3.63. The van der Waals surface area contributed by atoms with Gasteiger partial charge in [0, 0.05) is 20.1 Å². The molecule has 0 aliphatic heterocycles. The van der Waals surface area contributed by atoms with Gasteiger partial charge in [-0.2, -0.15) is 0 Å². The van der Waals surface area contributed by atoms with Gasteiger partial charge in [0.05, 0.1) is 16.1 Å². The van der Waals surface area contributed by atoms with Crippen LogP contribution < -0.4 is 4.31 Å². The lowest BCUT2D eigenvalue weighted by Gasteiger charge is -2.32. The molecule has 2 aromatic rings. The number of nitrogens with zero attached hydrogens (tertiary/aromatic N) is 2. The summed E-state index contributed by atoms with van der Waals surface area (Å²) in [5, 5.41) is 0. The van der Waals surface area contributed by atoms with E-state index >= 15 is 0 Å². The van der Waals surface area contributed by atoms with Gasteiger partial charge in [-0.25, -0.2) is 8.42 Å². The molecule has 1 aliphatic carbocycles.